The van der Waals surface area contributed by atoms with Crippen molar-refractivity contribution in [3.63, 3.8) is 0 Å². The van der Waals surface area contributed by atoms with Gasteiger partial charge in [0.25, 0.3) is 0 Å². The van der Waals surface area contributed by atoms with Crippen LogP contribution in [0.3, 0.4) is 0 Å². The first-order valence-electron chi connectivity index (χ1n) is 6.82. The number of hydrogen-bond acceptors (Lipinski definition) is 3. The maximum absolute atomic E-state index is 11.3. The molecule has 1 saturated heterocycles. The van der Waals surface area contributed by atoms with Gasteiger partial charge in [0.2, 0.25) is 0 Å². The number of fused-ring (bicyclic) bond motifs is 1. The summed E-state index contributed by atoms with van der Waals surface area (Å²) in [6, 6.07) is 11.1. The summed E-state index contributed by atoms with van der Waals surface area (Å²) in [4.78, 5) is 11.3. The molecular weight excluding hydrogens is 254 g/mol. The molecule has 1 aliphatic heterocycles. The highest BCUT2D eigenvalue weighted by molar-refractivity contribution is 6.07. The predicted molar refractivity (Wildman–Crippen MR) is 78.3 cm³/mol. The Labute approximate surface area is 117 Å². The molecule has 1 fully saturated rings. The molecule has 0 radical (unpaired) electrons. The van der Waals surface area contributed by atoms with E-state index in [1.807, 2.05) is 30.3 Å². The highest BCUT2D eigenvalue weighted by Gasteiger charge is 2.16. The Hall–Kier alpha value is -2.07. The maximum atomic E-state index is 11.3. The van der Waals surface area contributed by atoms with Gasteiger partial charge < -0.3 is 15.2 Å². The van der Waals surface area contributed by atoms with Crippen LogP contribution >= 0.6 is 0 Å². The lowest BCUT2D eigenvalue weighted by Gasteiger charge is -2.14. The van der Waals surface area contributed by atoms with Crippen LogP contribution in [0.2, 0.25) is 0 Å². The number of rotatable bonds is 4. The first kappa shape index (κ1) is 12.9. The number of nitrogens with one attached hydrogen (secondary N) is 1. The second kappa shape index (κ2) is 5.51. The summed E-state index contributed by atoms with van der Waals surface area (Å²) in [7, 11) is 0. The van der Waals surface area contributed by atoms with Gasteiger partial charge in [0.1, 0.15) is 0 Å². The molecule has 3 rings (SSSR count). The van der Waals surface area contributed by atoms with Gasteiger partial charge in [0.15, 0.2) is 0 Å². The Kier molecular flexibility index (Phi) is 3.56. The molecule has 4 nitrogen and oxygen atoms in total. The van der Waals surface area contributed by atoms with E-state index in [4.69, 9.17) is 4.74 Å². The fourth-order valence-corrected chi connectivity index (χ4v) is 2.64. The molecule has 2 N–H and O–H groups in total. The van der Waals surface area contributed by atoms with Crippen molar-refractivity contribution in [2.75, 3.05) is 25.1 Å². The minimum absolute atomic E-state index is 0.343. The second-order valence-corrected chi connectivity index (χ2v) is 5.12. The van der Waals surface area contributed by atoms with E-state index in [0.29, 0.717) is 11.5 Å². The molecule has 104 valence electrons. The SMILES string of the molecule is O=C(O)c1ccc(NCC2CCOC2)c2ccccc12. The summed E-state index contributed by atoms with van der Waals surface area (Å²) in [5, 5.41) is 14.4. The molecule has 1 aliphatic rings. The van der Waals surface area contributed by atoms with Crippen molar-refractivity contribution in [2.24, 2.45) is 5.92 Å². The second-order valence-electron chi connectivity index (χ2n) is 5.12. The van der Waals surface area contributed by atoms with Crippen LogP contribution in [0.1, 0.15) is 16.8 Å². The lowest BCUT2D eigenvalue weighted by atomic mass is 10.0. The third-order valence-corrected chi connectivity index (χ3v) is 3.76. The number of carboxylic acids is 1. The van der Waals surface area contributed by atoms with Crippen molar-refractivity contribution in [1.29, 1.82) is 0 Å². The van der Waals surface area contributed by atoms with Crippen molar-refractivity contribution >= 4 is 22.4 Å². The Morgan fingerprint density at radius 2 is 2.05 bits per heavy atom. The molecule has 20 heavy (non-hydrogen) atoms. The van der Waals surface area contributed by atoms with Crippen LogP contribution in [0.15, 0.2) is 36.4 Å². The molecule has 2 aromatic rings. The first-order valence-corrected chi connectivity index (χ1v) is 6.82. The summed E-state index contributed by atoms with van der Waals surface area (Å²) >= 11 is 0. The van der Waals surface area contributed by atoms with Crippen LogP contribution in [0, 0.1) is 5.92 Å². The van der Waals surface area contributed by atoms with E-state index in [2.05, 4.69) is 5.32 Å². The normalized spacial score (nSPS) is 18.3. The van der Waals surface area contributed by atoms with Crippen LogP contribution in [-0.2, 0) is 4.74 Å². The molecular formula is C16H17NO3. The maximum Gasteiger partial charge on any atom is 0.336 e. The van der Waals surface area contributed by atoms with Crippen LogP contribution in [-0.4, -0.2) is 30.8 Å². The summed E-state index contributed by atoms with van der Waals surface area (Å²) in [5.41, 5.74) is 1.33. The van der Waals surface area contributed by atoms with E-state index >= 15 is 0 Å². The number of hydrogen-bond donors (Lipinski definition) is 2. The lowest BCUT2D eigenvalue weighted by Crippen LogP contribution is -2.14. The van der Waals surface area contributed by atoms with Crippen molar-refractivity contribution < 1.29 is 14.6 Å². The van der Waals surface area contributed by atoms with Gasteiger partial charge in [-0.3, -0.25) is 0 Å². The molecule has 0 bridgehead atoms. The first-order chi connectivity index (χ1) is 9.75. The number of anilines is 1. The average molecular weight is 271 g/mol. The lowest BCUT2D eigenvalue weighted by molar-refractivity contribution is 0.0699. The largest absolute Gasteiger partial charge is 0.478 e. The molecule has 0 spiro atoms. The monoisotopic (exact) mass is 271 g/mol. The topological polar surface area (TPSA) is 58.6 Å². The van der Waals surface area contributed by atoms with Crippen LogP contribution < -0.4 is 5.32 Å². The number of ether oxygens (including phenoxy) is 1. The third-order valence-electron chi connectivity index (χ3n) is 3.76. The van der Waals surface area contributed by atoms with E-state index in [-0.39, 0.29) is 0 Å². The zero-order chi connectivity index (χ0) is 13.9. The van der Waals surface area contributed by atoms with E-state index in [9.17, 15) is 9.90 Å². The zero-order valence-corrected chi connectivity index (χ0v) is 11.1. The average Bonchev–Trinajstić information content (AvgIpc) is 2.97. The molecule has 0 saturated carbocycles. The summed E-state index contributed by atoms with van der Waals surface area (Å²) in [6.07, 6.45) is 1.08. The Bertz CT molecular complexity index is 633. The van der Waals surface area contributed by atoms with E-state index in [0.717, 1.165) is 42.6 Å². The van der Waals surface area contributed by atoms with Crippen molar-refractivity contribution in [2.45, 2.75) is 6.42 Å². The number of carbonyl (C=O) groups is 1. The number of aromatic carboxylic acids is 1. The van der Waals surface area contributed by atoms with Gasteiger partial charge in [-0.25, -0.2) is 4.79 Å². The van der Waals surface area contributed by atoms with Crippen LogP contribution in [0.25, 0.3) is 10.8 Å². The van der Waals surface area contributed by atoms with Crippen molar-refractivity contribution in [1.82, 2.24) is 0 Å². The molecule has 1 unspecified atom stereocenters. The highest BCUT2D eigenvalue weighted by atomic mass is 16.5. The van der Waals surface area contributed by atoms with Gasteiger partial charge in [0, 0.05) is 30.1 Å². The fourth-order valence-electron chi connectivity index (χ4n) is 2.64. The van der Waals surface area contributed by atoms with Crippen molar-refractivity contribution in [3.8, 4) is 0 Å². The standard InChI is InChI=1S/C16H17NO3/c18-16(19)14-5-6-15(13-4-2-1-3-12(13)14)17-9-11-7-8-20-10-11/h1-6,11,17H,7-10H2,(H,18,19). The number of benzene rings is 2. The number of carboxylic acid groups (broad SMARTS) is 1. The van der Waals surface area contributed by atoms with Gasteiger partial charge in [-0.15, -0.1) is 0 Å². The fraction of sp³-hybridized carbons (Fsp3) is 0.312. The molecule has 0 aromatic heterocycles. The van der Waals surface area contributed by atoms with Crippen molar-refractivity contribution in [3.05, 3.63) is 42.0 Å². The highest BCUT2D eigenvalue weighted by Crippen LogP contribution is 2.27. The van der Waals surface area contributed by atoms with Gasteiger partial charge in [-0.2, -0.15) is 0 Å². The minimum Gasteiger partial charge on any atom is -0.478 e. The van der Waals surface area contributed by atoms with Crippen LogP contribution in [0.5, 0.6) is 0 Å². The van der Waals surface area contributed by atoms with Gasteiger partial charge in [-0.05, 0) is 23.9 Å². The molecule has 0 amide bonds. The summed E-state index contributed by atoms with van der Waals surface area (Å²) < 4.78 is 5.37. The molecule has 1 atom stereocenters. The Balaban J connectivity index is 1.91. The minimum atomic E-state index is -0.892. The van der Waals surface area contributed by atoms with Crippen LogP contribution in [0.4, 0.5) is 5.69 Å². The Morgan fingerprint density at radius 1 is 1.25 bits per heavy atom. The predicted octanol–water partition coefficient (Wildman–Crippen LogP) is 2.99. The molecule has 2 aromatic carbocycles. The Morgan fingerprint density at radius 3 is 2.75 bits per heavy atom. The van der Waals surface area contributed by atoms with Gasteiger partial charge in [0.05, 0.1) is 12.2 Å². The quantitative estimate of drug-likeness (QED) is 0.897. The van der Waals surface area contributed by atoms with Gasteiger partial charge in [-0.1, -0.05) is 24.3 Å². The van der Waals surface area contributed by atoms with Gasteiger partial charge >= 0.3 is 5.97 Å². The zero-order valence-electron chi connectivity index (χ0n) is 11.1. The molecule has 4 heteroatoms. The summed E-state index contributed by atoms with van der Waals surface area (Å²) in [6.45, 7) is 2.50. The van der Waals surface area contributed by atoms with E-state index < -0.39 is 5.97 Å². The molecule has 1 heterocycles. The van der Waals surface area contributed by atoms with E-state index in [1.165, 1.54) is 0 Å². The van der Waals surface area contributed by atoms with E-state index in [1.54, 1.807) is 6.07 Å². The summed E-state index contributed by atoms with van der Waals surface area (Å²) in [5.74, 6) is -0.357. The smallest absolute Gasteiger partial charge is 0.336 e. The molecule has 0 aliphatic carbocycles. The third kappa shape index (κ3) is 2.47.